The van der Waals surface area contributed by atoms with Crippen LogP contribution in [-0.4, -0.2) is 15.6 Å². The number of benzene rings is 1. The molecule has 1 N–H and O–H groups in total. The second kappa shape index (κ2) is 4.21. The Balaban J connectivity index is 2.65. The average Bonchev–Trinajstić information content (AvgIpc) is 2.29. The highest BCUT2D eigenvalue weighted by atomic mass is 19.1. The van der Waals surface area contributed by atoms with E-state index < -0.39 is 17.3 Å². The molecule has 0 radical (unpaired) electrons. The molecule has 0 amide bonds. The lowest BCUT2D eigenvalue weighted by molar-refractivity contribution is 0.0694. The molecule has 17 heavy (non-hydrogen) atoms. The van der Waals surface area contributed by atoms with Crippen molar-refractivity contribution in [3.63, 3.8) is 0 Å². The molecule has 2 rings (SSSR count). The standard InChI is InChI=1S/C12H8FNO3/c13-8-3-1-4-9(7-8)14-6-2-5-10(11(14)15)12(16)17/h1-7H,(H,16,17). The van der Waals surface area contributed by atoms with E-state index in [0.717, 1.165) is 10.6 Å². The van der Waals surface area contributed by atoms with Crippen LogP contribution < -0.4 is 5.56 Å². The highest BCUT2D eigenvalue weighted by Gasteiger charge is 2.11. The third-order valence-corrected chi connectivity index (χ3v) is 2.26. The first-order valence-electron chi connectivity index (χ1n) is 4.80. The van der Waals surface area contributed by atoms with Gasteiger partial charge in [-0.3, -0.25) is 9.36 Å². The summed E-state index contributed by atoms with van der Waals surface area (Å²) in [7, 11) is 0. The molecule has 1 heterocycles. The van der Waals surface area contributed by atoms with Crippen LogP contribution in [0.4, 0.5) is 4.39 Å². The van der Waals surface area contributed by atoms with Gasteiger partial charge in [0.05, 0.1) is 5.69 Å². The molecule has 1 aromatic carbocycles. The van der Waals surface area contributed by atoms with E-state index in [-0.39, 0.29) is 11.3 Å². The van der Waals surface area contributed by atoms with Gasteiger partial charge in [0.15, 0.2) is 0 Å². The topological polar surface area (TPSA) is 59.3 Å². The Kier molecular flexibility index (Phi) is 2.74. The SMILES string of the molecule is O=C(O)c1cccn(-c2cccc(F)c2)c1=O. The minimum Gasteiger partial charge on any atom is -0.477 e. The second-order valence-electron chi connectivity index (χ2n) is 3.38. The fraction of sp³-hybridized carbons (Fsp3) is 0. The maximum atomic E-state index is 13.0. The van der Waals surface area contributed by atoms with E-state index in [1.54, 1.807) is 0 Å². The third kappa shape index (κ3) is 2.08. The van der Waals surface area contributed by atoms with Gasteiger partial charge in [0.1, 0.15) is 11.4 Å². The largest absolute Gasteiger partial charge is 0.477 e. The van der Waals surface area contributed by atoms with Gasteiger partial charge in [0.2, 0.25) is 0 Å². The number of aromatic nitrogens is 1. The van der Waals surface area contributed by atoms with Crippen LogP contribution in [0.3, 0.4) is 0 Å². The zero-order valence-corrected chi connectivity index (χ0v) is 8.63. The number of pyridine rings is 1. The Labute approximate surface area is 95.6 Å². The number of carbonyl (C=O) groups is 1. The number of rotatable bonds is 2. The van der Waals surface area contributed by atoms with Crippen LogP contribution in [0, 0.1) is 5.82 Å². The van der Waals surface area contributed by atoms with Crippen molar-refractivity contribution in [1.29, 1.82) is 0 Å². The van der Waals surface area contributed by atoms with E-state index in [2.05, 4.69) is 0 Å². The molecule has 0 atom stereocenters. The predicted octanol–water partition coefficient (Wildman–Crippen LogP) is 1.67. The number of hydrogen-bond donors (Lipinski definition) is 1. The zero-order chi connectivity index (χ0) is 12.4. The van der Waals surface area contributed by atoms with Crippen LogP contribution in [0.15, 0.2) is 47.4 Å². The molecule has 1 aromatic heterocycles. The van der Waals surface area contributed by atoms with Gasteiger partial charge >= 0.3 is 5.97 Å². The molecule has 5 heteroatoms. The van der Waals surface area contributed by atoms with Crippen LogP contribution in [-0.2, 0) is 0 Å². The quantitative estimate of drug-likeness (QED) is 0.858. The van der Waals surface area contributed by atoms with Crippen LogP contribution in [0.5, 0.6) is 0 Å². The monoisotopic (exact) mass is 233 g/mol. The van der Waals surface area contributed by atoms with E-state index in [1.165, 1.54) is 36.5 Å². The van der Waals surface area contributed by atoms with Gasteiger partial charge in [-0.1, -0.05) is 6.07 Å². The first-order chi connectivity index (χ1) is 8.09. The van der Waals surface area contributed by atoms with Gasteiger partial charge in [0, 0.05) is 6.20 Å². The Morgan fingerprint density at radius 3 is 2.65 bits per heavy atom. The number of halogens is 1. The molecule has 0 aliphatic heterocycles. The highest BCUT2D eigenvalue weighted by Crippen LogP contribution is 2.07. The van der Waals surface area contributed by atoms with Gasteiger partial charge in [-0.15, -0.1) is 0 Å². The molecule has 0 bridgehead atoms. The van der Waals surface area contributed by atoms with E-state index in [4.69, 9.17) is 5.11 Å². The summed E-state index contributed by atoms with van der Waals surface area (Å²) in [6, 6.07) is 8.01. The van der Waals surface area contributed by atoms with Crippen molar-refractivity contribution in [3.8, 4) is 5.69 Å². The minimum atomic E-state index is -1.30. The maximum absolute atomic E-state index is 13.0. The molecule has 0 aliphatic carbocycles. The second-order valence-corrected chi connectivity index (χ2v) is 3.38. The normalized spacial score (nSPS) is 10.2. The summed E-state index contributed by atoms with van der Waals surface area (Å²) >= 11 is 0. The van der Waals surface area contributed by atoms with E-state index in [0.29, 0.717) is 0 Å². The lowest BCUT2D eigenvalue weighted by Crippen LogP contribution is -2.24. The summed E-state index contributed by atoms with van der Waals surface area (Å²) < 4.78 is 14.1. The summed E-state index contributed by atoms with van der Waals surface area (Å²) in [6.45, 7) is 0. The van der Waals surface area contributed by atoms with Gasteiger partial charge < -0.3 is 5.11 Å². The van der Waals surface area contributed by atoms with E-state index in [9.17, 15) is 14.0 Å². The lowest BCUT2D eigenvalue weighted by Gasteiger charge is -2.06. The average molecular weight is 233 g/mol. The number of hydrogen-bond acceptors (Lipinski definition) is 2. The molecule has 4 nitrogen and oxygen atoms in total. The first kappa shape index (κ1) is 11.1. The number of carboxylic acids is 1. The Bertz CT molecular complexity index is 634. The summed E-state index contributed by atoms with van der Waals surface area (Å²) in [6.07, 6.45) is 1.39. The van der Waals surface area contributed by atoms with Crippen LogP contribution in [0.1, 0.15) is 10.4 Å². The molecule has 0 fully saturated rings. The van der Waals surface area contributed by atoms with Crippen molar-refractivity contribution in [2.75, 3.05) is 0 Å². The van der Waals surface area contributed by atoms with Crippen molar-refractivity contribution >= 4 is 5.97 Å². The number of aromatic carboxylic acids is 1. The molecule has 0 unspecified atom stereocenters. The Morgan fingerprint density at radius 1 is 1.24 bits per heavy atom. The van der Waals surface area contributed by atoms with E-state index in [1.807, 2.05) is 0 Å². The Hall–Kier alpha value is -2.43. The number of carboxylic acid groups (broad SMARTS) is 1. The summed E-state index contributed by atoms with van der Waals surface area (Å²) in [4.78, 5) is 22.6. The van der Waals surface area contributed by atoms with Gasteiger partial charge in [-0.05, 0) is 30.3 Å². The van der Waals surface area contributed by atoms with Crippen molar-refractivity contribution in [2.24, 2.45) is 0 Å². The van der Waals surface area contributed by atoms with Crippen molar-refractivity contribution in [2.45, 2.75) is 0 Å². The predicted molar refractivity (Wildman–Crippen MR) is 59.0 cm³/mol. The lowest BCUT2D eigenvalue weighted by atomic mass is 10.2. The van der Waals surface area contributed by atoms with Gasteiger partial charge in [-0.2, -0.15) is 0 Å². The van der Waals surface area contributed by atoms with Gasteiger partial charge in [0.25, 0.3) is 5.56 Å². The van der Waals surface area contributed by atoms with E-state index >= 15 is 0 Å². The molecular formula is C12H8FNO3. The molecule has 0 saturated heterocycles. The summed E-state index contributed by atoms with van der Waals surface area (Å²) in [5.41, 5.74) is -0.750. The molecule has 0 spiro atoms. The minimum absolute atomic E-state index is 0.290. The van der Waals surface area contributed by atoms with Crippen LogP contribution in [0.25, 0.3) is 5.69 Å². The highest BCUT2D eigenvalue weighted by molar-refractivity contribution is 5.87. The van der Waals surface area contributed by atoms with Crippen LogP contribution in [0.2, 0.25) is 0 Å². The fourth-order valence-corrected chi connectivity index (χ4v) is 1.49. The molecular weight excluding hydrogens is 225 g/mol. The van der Waals surface area contributed by atoms with Gasteiger partial charge in [-0.25, -0.2) is 9.18 Å². The molecule has 0 aliphatic rings. The summed E-state index contributed by atoms with van der Waals surface area (Å²) in [5.74, 6) is -1.80. The molecule has 2 aromatic rings. The van der Waals surface area contributed by atoms with Crippen molar-refractivity contribution in [1.82, 2.24) is 4.57 Å². The number of nitrogens with zero attached hydrogens (tertiary/aromatic N) is 1. The Morgan fingerprint density at radius 2 is 2.00 bits per heavy atom. The molecule has 0 saturated carbocycles. The fourth-order valence-electron chi connectivity index (χ4n) is 1.49. The smallest absolute Gasteiger partial charge is 0.341 e. The van der Waals surface area contributed by atoms with Crippen molar-refractivity contribution in [3.05, 3.63) is 64.3 Å². The third-order valence-electron chi connectivity index (χ3n) is 2.26. The first-order valence-corrected chi connectivity index (χ1v) is 4.80. The maximum Gasteiger partial charge on any atom is 0.341 e. The summed E-state index contributed by atoms with van der Waals surface area (Å²) in [5, 5.41) is 8.80. The van der Waals surface area contributed by atoms with Crippen LogP contribution >= 0.6 is 0 Å². The van der Waals surface area contributed by atoms with Crippen molar-refractivity contribution < 1.29 is 14.3 Å². The molecule has 86 valence electrons. The zero-order valence-electron chi connectivity index (χ0n) is 8.63.